The summed E-state index contributed by atoms with van der Waals surface area (Å²) in [6, 6.07) is 0. The maximum atomic E-state index is 12.6. The Morgan fingerprint density at radius 3 is 2.86 bits per heavy atom. The Morgan fingerprint density at radius 2 is 2.11 bits per heavy atom. The highest BCUT2D eigenvalue weighted by Gasteiger charge is 2.65. The van der Waals surface area contributed by atoms with E-state index in [0.717, 1.165) is 58.5 Å². The first-order valence-electron chi connectivity index (χ1n) is 11.4. The van der Waals surface area contributed by atoms with Crippen molar-refractivity contribution in [3.8, 4) is 0 Å². The van der Waals surface area contributed by atoms with Gasteiger partial charge in [-0.05, 0) is 49.9 Å². The number of hydrogen-bond acceptors (Lipinski definition) is 4. The van der Waals surface area contributed by atoms with E-state index in [1.165, 1.54) is 19.3 Å². The summed E-state index contributed by atoms with van der Waals surface area (Å²) in [5.74, 6) is 1.31. The van der Waals surface area contributed by atoms with Gasteiger partial charge in [-0.25, -0.2) is 0 Å². The second-order valence-corrected chi connectivity index (χ2v) is 10.3. The summed E-state index contributed by atoms with van der Waals surface area (Å²) in [7, 11) is 0. The van der Waals surface area contributed by atoms with Crippen LogP contribution in [0.25, 0.3) is 0 Å². The maximum absolute atomic E-state index is 12.6. The molecule has 2 N–H and O–H groups in total. The fraction of sp³-hybridized carbons (Fsp3) is 0.909. The number of fused-ring (bicyclic) bond motifs is 3. The zero-order chi connectivity index (χ0) is 19.4. The first-order chi connectivity index (χ1) is 13.5. The van der Waals surface area contributed by atoms with Gasteiger partial charge < -0.3 is 19.7 Å². The van der Waals surface area contributed by atoms with Gasteiger partial charge >= 0.3 is 5.97 Å². The Labute approximate surface area is 167 Å². The average molecular weight is 392 g/mol. The van der Waals surface area contributed by atoms with Crippen LogP contribution < -0.4 is 5.32 Å². The Hall–Kier alpha value is -1.14. The van der Waals surface area contributed by atoms with Gasteiger partial charge in [0.25, 0.3) is 0 Å². The monoisotopic (exact) mass is 391 g/mol. The molecule has 2 saturated carbocycles. The summed E-state index contributed by atoms with van der Waals surface area (Å²) in [6.07, 6.45) is 8.63. The Kier molecular flexibility index (Phi) is 4.70. The van der Waals surface area contributed by atoms with E-state index in [-0.39, 0.29) is 29.0 Å². The van der Waals surface area contributed by atoms with Gasteiger partial charge in [0.2, 0.25) is 5.91 Å². The van der Waals surface area contributed by atoms with Crippen LogP contribution in [0.5, 0.6) is 0 Å². The maximum Gasteiger partial charge on any atom is 0.315 e. The first kappa shape index (κ1) is 18.9. The van der Waals surface area contributed by atoms with Crippen molar-refractivity contribution in [2.24, 2.45) is 23.2 Å². The normalized spacial score (nSPS) is 44.5. The van der Waals surface area contributed by atoms with Gasteiger partial charge in [-0.2, -0.15) is 0 Å². The van der Waals surface area contributed by atoms with Crippen LogP contribution in [-0.2, 0) is 19.1 Å². The second-order valence-electron chi connectivity index (χ2n) is 10.3. The molecule has 2 aliphatic carbocycles. The number of hydrogen-bond donors (Lipinski definition) is 1. The molecule has 3 aliphatic heterocycles. The van der Waals surface area contributed by atoms with E-state index in [1.54, 1.807) is 0 Å². The van der Waals surface area contributed by atoms with Crippen molar-refractivity contribution in [1.82, 2.24) is 4.90 Å². The molecule has 1 spiro atoms. The lowest BCUT2D eigenvalue weighted by Gasteiger charge is -2.51. The number of nitrogens with zero attached hydrogens (tertiary/aromatic N) is 1. The highest BCUT2D eigenvalue weighted by Crippen LogP contribution is 2.62. The van der Waals surface area contributed by atoms with E-state index < -0.39 is 0 Å². The van der Waals surface area contributed by atoms with E-state index in [9.17, 15) is 9.59 Å². The van der Waals surface area contributed by atoms with Crippen LogP contribution in [0.1, 0.15) is 58.3 Å². The summed E-state index contributed by atoms with van der Waals surface area (Å²) in [5.41, 5.74) is 0.400. The molecule has 0 bridgehead atoms. The minimum absolute atomic E-state index is 0.0222. The number of rotatable bonds is 6. The summed E-state index contributed by atoms with van der Waals surface area (Å²) in [4.78, 5) is 26.3. The van der Waals surface area contributed by atoms with Crippen LogP contribution in [-0.4, -0.2) is 61.3 Å². The summed E-state index contributed by atoms with van der Waals surface area (Å²) in [5, 5.41) is 2.27. The molecule has 6 heteroatoms. The molecule has 0 aromatic rings. The van der Waals surface area contributed by atoms with Gasteiger partial charge in [-0.1, -0.05) is 6.92 Å². The van der Waals surface area contributed by atoms with Gasteiger partial charge in [0.1, 0.15) is 12.0 Å². The number of nitrogens with two attached hydrogens (primary N) is 1. The number of quaternary nitrogens is 1. The number of ether oxygens (including phenoxy) is 2. The van der Waals surface area contributed by atoms with Gasteiger partial charge in [0.05, 0.1) is 25.3 Å². The van der Waals surface area contributed by atoms with Gasteiger partial charge in [-0.15, -0.1) is 0 Å². The Morgan fingerprint density at radius 1 is 1.25 bits per heavy atom. The minimum Gasteiger partial charge on any atom is -0.462 e. The standard InChI is InChI=1S/C22H34N2O4/c1-21-6-3-7-22(14-27-22)18(21)11-15-16(20(26)28-17(15)12-21)13-23-8-4-10-24-9-2-5-19(24)25/h15-18,23H,2-14H2,1H3/p+1/t15-,16-,17-,18+,21-,22-/m1/s1. The molecule has 0 aromatic heterocycles. The molecule has 0 unspecified atom stereocenters. The lowest BCUT2D eigenvalue weighted by atomic mass is 9.53. The highest BCUT2D eigenvalue weighted by atomic mass is 16.6. The summed E-state index contributed by atoms with van der Waals surface area (Å²) < 4.78 is 11.9. The van der Waals surface area contributed by atoms with Crippen LogP contribution in [0, 0.1) is 23.2 Å². The van der Waals surface area contributed by atoms with E-state index in [1.807, 2.05) is 4.90 Å². The molecular formula is C22H35N2O4+. The van der Waals surface area contributed by atoms with Crippen LogP contribution in [0.15, 0.2) is 0 Å². The molecule has 0 aromatic carbocycles. The molecule has 3 heterocycles. The van der Waals surface area contributed by atoms with Crippen LogP contribution in [0.2, 0.25) is 0 Å². The third-order valence-corrected chi connectivity index (χ3v) is 8.51. The molecular weight excluding hydrogens is 356 g/mol. The van der Waals surface area contributed by atoms with Crippen LogP contribution >= 0.6 is 0 Å². The molecule has 5 fully saturated rings. The lowest BCUT2D eigenvalue weighted by Crippen LogP contribution is -2.86. The van der Waals surface area contributed by atoms with Crippen molar-refractivity contribution in [1.29, 1.82) is 0 Å². The SMILES string of the molecule is C[C@]12CCC[C@@]3(CO3)[C@H]1C[C@H]1[C@@H](C2)OC(=O)[C@@H]1C[NH2+]CCCN1CCCC1=O. The van der Waals surface area contributed by atoms with Crippen molar-refractivity contribution < 1.29 is 24.4 Å². The number of epoxide rings is 1. The molecule has 156 valence electrons. The van der Waals surface area contributed by atoms with Crippen molar-refractivity contribution in [3.63, 3.8) is 0 Å². The summed E-state index contributed by atoms with van der Waals surface area (Å²) in [6.45, 7) is 6.90. The zero-order valence-electron chi connectivity index (χ0n) is 17.2. The lowest BCUT2D eigenvalue weighted by molar-refractivity contribution is -0.659. The Bertz CT molecular complexity index is 648. The van der Waals surface area contributed by atoms with E-state index >= 15 is 0 Å². The van der Waals surface area contributed by atoms with E-state index in [0.29, 0.717) is 24.2 Å². The smallest absolute Gasteiger partial charge is 0.315 e. The quantitative estimate of drug-likeness (QED) is 0.418. The molecule has 3 saturated heterocycles. The molecule has 5 rings (SSSR count). The van der Waals surface area contributed by atoms with Crippen molar-refractivity contribution in [2.75, 3.05) is 32.8 Å². The third kappa shape index (κ3) is 3.17. The fourth-order valence-electron chi connectivity index (χ4n) is 6.89. The summed E-state index contributed by atoms with van der Waals surface area (Å²) >= 11 is 0. The van der Waals surface area contributed by atoms with Crippen molar-refractivity contribution in [3.05, 3.63) is 0 Å². The first-order valence-corrected chi connectivity index (χ1v) is 11.4. The predicted molar refractivity (Wildman–Crippen MR) is 102 cm³/mol. The number of esters is 1. The molecule has 28 heavy (non-hydrogen) atoms. The Balaban J connectivity index is 1.15. The van der Waals surface area contributed by atoms with Gasteiger partial charge in [0.15, 0.2) is 0 Å². The van der Waals surface area contributed by atoms with Gasteiger partial charge in [-0.3, -0.25) is 9.59 Å². The number of likely N-dealkylation sites (tertiary alicyclic amines) is 1. The predicted octanol–water partition coefficient (Wildman–Crippen LogP) is 1.09. The molecule has 6 nitrogen and oxygen atoms in total. The zero-order valence-corrected chi connectivity index (χ0v) is 17.2. The number of carbonyl (C=O) groups excluding carboxylic acids is 2. The number of amides is 1. The van der Waals surface area contributed by atoms with Crippen LogP contribution in [0.3, 0.4) is 0 Å². The third-order valence-electron chi connectivity index (χ3n) is 8.51. The topological polar surface area (TPSA) is 75.8 Å². The molecule has 0 radical (unpaired) electrons. The number of carbonyl (C=O) groups is 2. The molecule has 1 amide bonds. The fourth-order valence-corrected chi connectivity index (χ4v) is 6.89. The van der Waals surface area contributed by atoms with Crippen molar-refractivity contribution in [2.45, 2.75) is 70.0 Å². The second kappa shape index (κ2) is 6.98. The van der Waals surface area contributed by atoms with E-state index in [2.05, 4.69) is 12.2 Å². The minimum atomic E-state index is 0.0222. The molecule has 6 atom stereocenters. The van der Waals surface area contributed by atoms with Crippen molar-refractivity contribution >= 4 is 11.9 Å². The van der Waals surface area contributed by atoms with Crippen LogP contribution in [0.4, 0.5) is 0 Å². The highest BCUT2D eigenvalue weighted by molar-refractivity contribution is 5.78. The largest absolute Gasteiger partial charge is 0.462 e. The molecule has 5 aliphatic rings. The average Bonchev–Trinajstić information content (AvgIpc) is 3.20. The van der Waals surface area contributed by atoms with Gasteiger partial charge in [0, 0.05) is 31.8 Å². The van der Waals surface area contributed by atoms with E-state index in [4.69, 9.17) is 9.47 Å².